The van der Waals surface area contributed by atoms with Crippen molar-refractivity contribution in [3.63, 3.8) is 0 Å². The van der Waals surface area contributed by atoms with Crippen LogP contribution in [-0.2, 0) is 4.79 Å². The minimum absolute atomic E-state index is 0.166. The van der Waals surface area contributed by atoms with E-state index in [0.717, 1.165) is 18.5 Å². The van der Waals surface area contributed by atoms with Gasteiger partial charge in [-0.1, -0.05) is 36.9 Å². The van der Waals surface area contributed by atoms with Crippen molar-refractivity contribution in [2.45, 2.75) is 18.8 Å². The van der Waals surface area contributed by atoms with Crippen molar-refractivity contribution in [3.8, 4) is 0 Å². The first-order valence-corrected chi connectivity index (χ1v) is 5.28. The number of rotatable bonds is 2. The maximum Gasteiger partial charge on any atom is 0.220 e. The lowest BCUT2D eigenvalue weighted by atomic mass is 9.89. The van der Waals surface area contributed by atoms with E-state index < -0.39 is 0 Å². The minimum Gasteiger partial charge on any atom is -0.356 e. The molecule has 1 aliphatic rings. The largest absolute Gasteiger partial charge is 0.356 e. The van der Waals surface area contributed by atoms with E-state index in [9.17, 15) is 4.79 Å². The van der Waals surface area contributed by atoms with Gasteiger partial charge in [0, 0.05) is 13.0 Å². The third-order valence-electron chi connectivity index (χ3n) is 2.89. The van der Waals surface area contributed by atoms with E-state index in [-0.39, 0.29) is 5.91 Å². The maximum atomic E-state index is 11.2. The van der Waals surface area contributed by atoms with Gasteiger partial charge in [0.25, 0.3) is 0 Å². The topological polar surface area (TPSA) is 29.1 Å². The van der Waals surface area contributed by atoms with E-state index >= 15 is 0 Å². The van der Waals surface area contributed by atoms with Crippen molar-refractivity contribution in [1.82, 2.24) is 5.32 Å². The van der Waals surface area contributed by atoms with Crippen LogP contribution in [0.2, 0.25) is 0 Å². The van der Waals surface area contributed by atoms with E-state index in [1.807, 2.05) is 6.08 Å². The van der Waals surface area contributed by atoms with E-state index in [2.05, 4.69) is 36.2 Å². The molecule has 15 heavy (non-hydrogen) atoms. The third kappa shape index (κ3) is 2.27. The molecule has 1 unspecified atom stereocenters. The van der Waals surface area contributed by atoms with Gasteiger partial charge in [-0.3, -0.25) is 4.79 Å². The third-order valence-corrected chi connectivity index (χ3v) is 2.89. The molecule has 1 heterocycles. The summed E-state index contributed by atoms with van der Waals surface area (Å²) < 4.78 is 0. The number of carbonyl (C=O) groups excluding carboxylic acids is 1. The smallest absolute Gasteiger partial charge is 0.220 e. The van der Waals surface area contributed by atoms with Crippen LogP contribution in [0.4, 0.5) is 0 Å². The molecule has 0 radical (unpaired) electrons. The Bertz CT molecular complexity index is 367. The Morgan fingerprint density at radius 3 is 2.67 bits per heavy atom. The molecule has 1 saturated heterocycles. The van der Waals surface area contributed by atoms with Crippen LogP contribution < -0.4 is 5.32 Å². The summed E-state index contributed by atoms with van der Waals surface area (Å²) >= 11 is 0. The Morgan fingerprint density at radius 1 is 1.33 bits per heavy atom. The number of nitrogens with one attached hydrogen (secondary N) is 1. The SMILES string of the molecule is C=Cc1ccc(C2CCNC(=O)C2)cc1. The van der Waals surface area contributed by atoms with E-state index in [1.54, 1.807) is 0 Å². The summed E-state index contributed by atoms with van der Waals surface area (Å²) in [7, 11) is 0. The number of hydrogen-bond acceptors (Lipinski definition) is 1. The minimum atomic E-state index is 0.166. The summed E-state index contributed by atoms with van der Waals surface area (Å²) in [4.78, 5) is 11.2. The molecule has 1 aromatic carbocycles. The second kappa shape index (κ2) is 4.30. The fourth-order valence-corrected chi connectivity index (χ4v) is 1.97. The highest BCUT2D eigenvalue weighted by atomic mass is 16.1. The average Bonchev–Trinajstić information content (AvgIpc) is 2.29. The monoisotopic (exact) mass is 201 g/mol. The first kappa shape index (κ1) is 9.97. The fourth-order valence-electron chi connectivity index (χ4n) is 1.97. The molecular weight excluding hydrogens is 186 g/mol. The van der Waals surface area contributed by atoms with E-state index in [4.69, 9.17) is 0 Å². The van der Waals surface area contributed by atoms with Gasteiger partial charge in [-0.15, -0.1) is 0 Å². The van der Waals surface area contributed by atoms with Crippen LogP contribution >= 0.6 is 0 Å². The normalized spacial score (nSPS) is 20.8. The standard InChI is InChI=1S/C13H15NO/c1-2-10-3-5-11(6-4-10)12-7-8-14-13(15)9-12/h2-6,12H,1,7-9H2,(H,14,15). The lowest BCUT2D eigenvalue weighted by Gasteiger charge is -2.22. The quantitative estimate of drug-likeness (QED) is 0.781. The Kier molecular flexibility index (Phi) is 2.86. The summed E-state index contributed by atoms with van der Waals surface area (Å²) in [5.74, 6) is 0.552. The highest BCUT2D eigenvalue weighted by Crippen LogP contribution is 2.25. The molecule has 1 aliphatic heterocycles. The maximum absolute atomic E-state index is 11.2. The van der Waals surface area contributed by atoms with Crippen molar-refractivity contribution >= 4 is 12.0 Å². The Morgan fingerprint density at radius 2 is 2.07 bits per heavy atom. The number of benzene rings is 1. The van der Waals surface area contributed by atoms with Gasteiger partial charge >= 0.3 is 0 Å². The molecular formula is C13H15NO. The fraction of sp³-hybridized carbons (Fsp3) is 0.308. The number of amides is 1. The van der Waals surface area contributed by atoms with Crippen molar-refractivity contribution < 1.29 is 4.79 Å². The molecule has 0 aliphatic carbocycles. The lowest BCUT2D eigenvalue weighted by molar-refractivity contribution is -0.122. The molecule has 2 heteroatoms. The Balaban J connectivity index is 2.14. The van der Waals surface area contributed by atoms with Crippen LogP contribution in [-0.4, -0.2) is 12.5 Å². The predicted molar refractivity (Wildman–Crippen MR) is 61.5 cm³/mol. The second-order valence-corrected chi connectivity index (χ2v) is 3.91. The predicted octanol–water partition coefficient (Wildman–Crippen LogP) is 2.32. The van der Waals surface area contributed by atoms with Gasteiger partial charge in [-0.05, 0) is 23.5 Å². The Labute approximate surface area is 90.0 Å². The molecule has 1 N–H and O–H groups in total. The molecule has 1 aromatic rings. The molecule has 2 rings (SSSR count). The van der Waals surface area contributed by atoms with Crippen molar-refractivity contribution in [1.29, 1.82) is 0 Å². The highest BCUT2D eigenvalue weighted by Gasteiger charge is 2.19. The summed E-state index contributed by atoms with van der Waals surface area (Å²) in [5.41, 5.74) is 2.38. The van der Waals surface area contributed by atoms with Gasteiger partial charge in [0.05, 0.1) is 0 Å². The van der Waals surface area contributed by atoms with Crippen LogP contribution in [0.1, 0.15) is 29.9 Å². The van der Waals surface area contributed by atoms with Gasteiger partial charge in [0.2, 0.25) is 5.91 Å². The zero-order chi connectivity index (χ0) is 10.7. The van der Waals surface area contributed by atoms with Crippen molar-refractivity contribution in [3.05, 3.63) is 42.0 Å². The van der Waals surface area contributed by atoms with E-state index in [0.29, 0.717) is 12.3 Å². The molecule has 0 spiro atoms. The van der Waals surface area contributed by atoms with Crippen LogP contribution in [0.5, 0.6) is 0 Å². The molecule has 1 fully saturated rings. The molecule has 2 nitrogen and oxygen atoms in total. The summed E-state index contributed by atoms with van der Waals surface area (Å²) in [6.07, 6.45) is 3.49. The van der Waals surface area contributed by atoms with Crippen LogP contribution in [0, 0.1) is 0 Å². The van der Waals surface area contributed by atoms with E-state index in [1.165, 1.54) is 5.56 Å². The zero-order valence-corrected chi connectivity index (χ0v) is 8.70. The molecule has 78 valence electrons. The van der Waals surface area contributed by atoms with Crippen molar-refractivity contribution in [2.75, 3.05) is 6.54 Å². The zero-order valence-electron chi connectivity index (χ0n) is 8.70. The molecule has 1 atom stereocenters. The van der Waals surface area contributed by atoms with Gasteiger partial charge in [-0.2, -0.15) is 0 Å². The van der Waals surface area contributed by atoms with Crippen LogP contribution in [0.15, 0.2) is 30.8 Å². The molecule has 0 aromatic heterocycles. The van der Waals surface area contributed by atoms with Crippen molar-refractivity contribution in [2.24, 2.45) is 0 Å². The summed E-state index contributed by atoms with van der Waals surface area (Å²) in [6.45, 7) is 4.52. The summed E-state index contributed by atoms with van der Waals surface area (Å²) in [5, 5.41) is 2.85. The number of hydrogen-bond donors (Lipinski definition) is 1. The molecule has 0 bridgehead atoms. The number of piperidine rings is 1. The van der Waals surface area contributed by atoms with Gasteiger partial charge in [0.15, 0.2) is 0 Å². The first-order valence-electron chi connectivity index (χ1n) is 5.28. The number of carbonyl (C=O) groups is 1. The second-order valence-electron chi connectivity index (χ2n) is 3.91. The van der Waals surface area contributed by atoms with Crippen LogP contribution in [0.25, 0.3) is 6.08 Å². The van der Waals surface area contributed by atoms with Crippen LogP contribution in [0.3, 0.4) is 0 Å². The van der Waals surface area contributed by atoms with Gasteiger partial charge < -0.3 is 5.32 Å². The molecule has 0 saturated carbocycles. The van der Waals surface area contributed by atoms with Gasteiger partial charge in [0.1, 0.15) is 0 Å². The Hall–Kier alpha value is -1.57. The first-order chi connectivity index (χ1) is 7.29. The highest BCUT2D eigenvalue weighted by molar-refractivity contribution is 5.77. The average molecular weight is 201 g/mol. The van der Waals surface area contributed by atoms with Gasteiger partial charge in [-0.25, -0.2) is 0 Å². The molecule has 1 amide bonds. The lowest BCUT2D eigenvalue weighted by Crippen LogP contribution is -2.32. The summed E-state index contributed by atoms with van der Waals surface area (Å²) in [6, 6.07) is 8.30.